The van der Waals surface area contributed by atoms with Crippen LogP contribution in [0.5, 0.6) is 0 Å². The molecule has 0 radical (unpaired) electrons. The fourth-order valence-corrected chi connectivity index (χ4v) is 10.5. The minimum Gasteiger partial charge on any atom is -0.310 e. The Morgan fingerprint density at radius 2 is 0.765 bits per heavy atom. The standard InChI is InChI=1S/C66H44N2/c1-2-19-55(20-3-1)68-63-26-12-25-62(66(63)65-61-23-9-7-15-50(61)37-42-64(65)68)54-18-10-21-58(44-54)67(57-40-35-48(36-41-57)53-32-29-45-13-4-5-16-52(45)43-53)56-38-33-47(34-39-56)46-27-30-51(31-28-46)60-24-11-17-49-14-6-8-22-59(49)60/h1-44H. The fraction of sp³-hybridized carbons (Fsp3) is 0. The Hall–Kier alpha value is -8.98. The molecule has 13 rings (SSSR count). The molecule has 0 fully saturated rings. The molecule has 0 aliphatic rings. The summed E-state index contributed by atoms with van der Waals surface area (Å²) in [5, 5.41) is 10.0. The van der Waals surface area contributed by atoms with Gasteiger partial charge in [0, 0.05) is 33.5 Å². The Balaban J connectivity index is 0.930. The molecule has 68 heavy (non-hydrogen) atoms. The van der Waals surface area contributed by atoms with Crippen LogP contribution in [0.25, 0.3) is 104 Å². The molecule has 2 nitrogen and oxygen atoms in total. The molecule has 0 bridgehead atoms. The number of aromatic nitrogens is 1. The second kappa shape index (κ2) is 16.5. The summed E-state index contributed by atoms with van der Waals surface area (Å²) in [6.45, 7) is 0. The summed E-state index contributed by atoms with van der Waals surface area (Å²) in [6.07, 6.45) is 0. The maximum atomic E-state index is 2.42. The number of benzene rings is 12. The van der Waals surface area contributed by atoms with Crippen molar-refractivity contribution in [3.63, 3.8) is 0 Å². The van der Waals surface area contributed by atoms with Crippen molar-refractivity contribution < 1.29 is 0 Å². The SMILES string of the molecule is c1ccc(-n2c3cccc(-c4cccc(N(c5ccc(-c6ccc(-c7cccc8ccccc78)cc6)cc5)c5ccc(-c6ccc7ccccc7c6)cc5)c4)c3c3c4ccccc4ccc32)cc1. The van der Waals surface area contributed by atoms with Crippen molar-refractivity contribution in [2.75, 3.05) is 4.90 Å². The van der Waals surface area contributed by atoms with Gasteiger partial charge in [-0.25, -0.2) is 0 Å². The van der Waals surface area contributed by atoms with E-state index in [-0.39, 0.29) is 0 Å². The average Bonchev–Trinajstić information content (AvgIpc) is 3.77. The first-order chi connectivity index (χ1) is 33.7. The van der Waals surface area contributed by atoms with Crippen molar-refractivity contribution in [2.24, 2.45) is 0 Å². The van der Waals surface area contributed by atoms with E-state index in [9.17, 15) is 0 Å². The van der Waals surface area contributed by atoms with E-state index in [1.54, 1.807) is 0 Å². The molecule has 0 atom stereocenters. The number of para-hydroxylation sites is 1. The summed E-state index contributed by atoms with van der Waals surface area (Å²) in [5.41, 5.74) is 16.4. The molecular formula is C66H44N2. The minimum absolute atomic E-state index is 1.08. The lowest BCUT2D eigenvalue weighted by Gasteiger charge is -2.26. The van der Waals surface area contributed by atoms with Crippen LogP contribution in [0.3, 0.4) is 0 Å². The van der Waals surface area contributed by atoms with Crippen molar-refractivity contribution >= 4 is 71.2 Å². The van der Waals surface area contributed by atoms with E-state index in [2.05, 4.69) is 276 Å². The van der Waals surface area contributed by atoms with E-state index >= 15 is 0 Å². The van der Waals surface area contributed by atoms with Crippen LogP contribution in [0.1, 0.15) is 0 Å². The third-order valence-corrected chi connectivity index (χ3v) is 13.8. The third kappa shape index (κ3) is 6.82. The molecule has 0 spiro atoms. The van der Waals surface area contributed by atoms with E-state index in [1.807, 2.05) is 0 Å². The molecule has 0 N–H and O–H groups in total. The molecule has 1 heterocycles. The Morgan fingerprint density at radius 1 is 0.250 bits per heavy atom. The Morgan fingerprint density at radius 3 is 1.51 bits per heavy atom. The van der Waals surface area contributed by atoms with Crippen molar-refractivity contribution in [3.8, 4) is 50.2 Å². The third-order valence-electron chi connectivity index (χ3n) is 13.8. The van der Waals surface area contributed by atoms with Crippen LogP contribution in [0.2, 0.25) is 0 Å². The highest BCUT2D eigenvalue weighted by Gasteiger charge is 2.20. The minimum atomic E-state index is 1.08. The zero-order chi connectivity index (χ0) is 45.0. The van der Waals surface area contributed by atoms with Gasteiger partial charge in [-0.3, -0.25) is 0 Å². The van der Waals surface area contributed by atoms with Gasteiger partial charge >= 0.3 is 0 Å². The molecule has 0 saturated heterocycles. The second-order valence-electron chi connectivity index (χ2n) is 17.7. The first-order valence-electron chi connectivity index (χ1n) is 23.4. The lowest BCUT2D eigenvalue weighted by atomic mass is 9.96. The monoisotopic (exact) mass is 864 g/mol. The van der Waals surface area contributed by atoms with Crippen LogP contribution in [0, 0.1) is 0 Å². The summed E-state index contributed by atoms with van der Waals surface area (Å²) in [5.74, 6) is 0. The number of fused-ring (bicyclic) bond motifs is 7. The zero-order valence-electron chi connectivity index (χ0n) is 37.3. The normalized spacial score (nSPS) is 11.5. The number of anilines is 3. The van der Waals surface area contributed by atoms with Gasteiger partial charge in [0.25, 0.3) is 0 Å². The number of nitrogens with zero attached hydrogens (tertiary/aromatic N) is 2. The first kappa shape index (κ1) is 39.4. The van der Waals surface area contributed by atoms with Gasteiger partial charge < -0.3 is 9.47 Å². The number of hydrogen-bond acceptors (Lipinski definition) is 1. The van der Waals surface area contributed by atoms with E-state index in [0.29, 0.717) is 0 Å². The lowest BCUT2D eigenvalue weighted by Crippen LogP contribution is -2.10. The lowest BCUT2D eigenvalue weighted by molar-refractivity contribution is 1.18. The smallest absolute Gasteiger partial charge is 0.0547 e. The quantitative estimate of drug-likeness (QED) is 0.148. The van der Waals surface area contributed by atoms with Crippen molar-refractivity contribution in [1.29, 1.82) is 0 Å². The molecule has 0 amide bonds. The fourth-order valence-electron chi connectivity index (χ4n) is 10.5. The Labute approximate surface area is 395 Å². The van der Waals surface area contributed by atoms with Gasteiger partial charge in [-0.1, -0.05) is 200 Å². The van der Waals surface area contributed by atoms with Crippen molar-refractivity contribution in [3.05, 3.63) is 267 Å². The molecule has 12 aromatic carbocycles. The zero-order valence-corrected chi connectivity index (χ0v) is 37.3. The highest BCUT2D eigenvalue weighted by Crippen LogP contribution is 2.44. The molecule has 2 heteroatoms. The molecule has 1 aromatic heterocycles. The van der Waals surface area contributed by atoms with E-state index < -0.39 is 0 Å². The van der Waals surface area contributed by atoms with Gasteiger partial charge in [0.15, 0.2) is 0 Å². The van der Waals surface area contributed by atoms with Crippen molar-refractivity contribution in [1.82, 2.24) is 4.57 Å². The van der Waals surface area contributed by atoms with Gasteiger partial charge in [-0.05, 0) is 144 Å². The van der Waals surface area contributed by atoms with Crippen LogP contribution in [-0.4, -0.2) is 4.57 Å². The van der Waals surface area contributed by atoms with Crippen LogP contribution in [0.4, 0.5) is 17.1 Å². The average molecular weight is 865 g/mol. The highest BCUT2D eigenvalue weighted by atomic mass is 15.1. The van der Waals surface area contributed by atoms with Crippen LogP contribution in [-0.2, 0) is 0 Å². The molecule has 0 aliphatic heterocycles. The molecule has 318 valence electrons. The van der Waals surface area contributed by atoms with Crippen LogP contribution >= 0.6 is 0 Å². The molecule has 0 unspecified atom stereocenters. The van der Waals surface area contributed by atoms with E-state index in [1.165, 1.54) is 93.1 Å². The van der Waals surface area contributed by atoms with Gasteiger partial charge in [0.1, 0.15) is 0 Å². The Bertz CT molecular complexity index is 3990. The summed E-state index contributed by atoms with van der Waals surface area (Å²) < 4.78 is 2.42. The number of hydrogen-bond donors (Lipinski definition) is 0. The van der Waals surface area contributed by atoms with Gasteiger partial charge in [-0.15, -0.1) is 0 Å². The van der Waals surface area contributed by atoms with Crippen LogP contribution in [0.15, 0.2) is 267 Å². The maximum Gasteiger partial charge on any atom is 0.0547 e. The largest absolute Gasteiger partial charge is 0.310 e. The summed E-state index contributed by atoms with van der Waals surface area (Å²) >= 11 is 0. The topological polar surface area (TPSA) is 8.17 Å². The summed E-state index contributed by atoms with van der Waals surface area (Å²) in [6, 6.07) is 97.5. The van der Waals surface area contributed by atoms with Crippen LogP contribution < -0.4 is 4.90 Å². The summed E-state index contributed by atoms with van der Waals surface area (Å²) in [4.78, 5) is 2.39. The Kier molecular flexibility index (Phi) is 9.54. The summed E-state index contributed by atoms with van der Waals surface area (Å²) in [7, 11) is 0. The van der Waals surface area contributed by atoms with Gasteiger partial charge in [0.05, 0.1) is 11.0 Å². The number of rotatable bonds is 8. The molecular weight excluding hydrogens is 821 g/mol. The molecule has 0 aliphatic carbocycles. The van der Waals surface area contributed by atoms with E-state index in [0.717, 1.165) is 28.3 Å². The molecule has 13 aromatic rings. The first-order valence-corrected chi connectivity index (χ1v) is 23.4. The predicted octanol–water partition coefficient (Wildman–Crippen LogP) is 18.4. The van der Waals surface area contributed by atoms with E-state index in [4.69, 9.17) is 0 Å². The molecule has 0 saturated carbocycles. The predicted molar refractivity (Wildman–Crippen MR) is 290 cm³/mol. The van der Waals surface area contributed by atoms with Gasteiger partial charge in [-0.2, -0.15) is 0 Å². The van der Waals surface area contributed by atoms with Gasteiger partial charge in [0.2, 0.25) is 0 Å². The second-order valence-corrected chi connectivity index (χ2v) is 17.7. The van der Waals surface area contributed by atoms with Crippen molar-refractivity contribution in [2.45, 2.75) is 0 Å². The highest BCUT2D eigenvalue weighted by molar-refractivity contribution is 6.25. The maximum absolute atomic E-state index is 2.42.